The summed E-state index contributed by atoms with van der Waals surface area (Å²) in [5, 5.41) is 39.9. The fourth-order valence-electron chi connectivity index (χ4n) is 7.69. The first-order chi connectivity index (χ1) is 23.1. The van der Waals surface area contributed by atoms with Crippen LogP contribution in [0.4, 0.5) is 0 Å². The van der Waals surface area contributed by atoms with Crippen LogP contribution in [0.15, 0.2) is 54.6 Å². The van der Waals surface area contributed by atoms with Crippen LogP contribution in [-0.2, 0) is 23.1 Å². The standard InChI is InChI=1S/C39H44N4O5/c1-6-25-21(2)30-16-35-28-12-11-24(19-46)38(36(48)20-47)39(28,5)37(43-35)18-31-23(4)27(10-8-14-45)34(42-31)17-33-26(9-7-13-44)22(3)29(41-33)15-32(25)40-30/h6,11-12,15-18,38,41-42,44-47H,1,7-10,13-14,19-20H2,2-5H3/t38?,39-/m0/s1. The van der Waals surface area contributed by atoms with Gasteiger partial charge in [0.05, 0.1) is 40.7 Å². The first-order valence-electron chi connectivity index (χ1n) is 16.6. The van der Waals surface area contributed by atoms with Gasteiger partial charge in [-0.1, -0.05) is 24.8 Å². The third-order valence-corrected chi connectivity index (χ3v) is 10.4. The molecular weight excluding hydrogens is 604 g/mol. The molecule has 1 unspecified atom stereocenters. The Balaban J connectivity index is 1.79. The molecule has 0 fully saturated rings. The molecular formula is C39H44N4O5. The van der Waals surface area contributed by atoms with E-state index in [1.165, 1.54) is 0 Å². The fraction of sp³-hybridized carbons (Fsp3) is 0.359. The molecule has 3 aromatic rings. The van der Waals surface area contributed by atoms with Crippen LogP contribution in [0.25, 0.3) is 38.8 Å². The number of rotatable bonds is 10. The molecule has 8 bridgehead atoms. The number of carbonyl (C=O) groups excluding carboxylic acids is 1. The number of ketones is 1. The third kappa shape index (κ3) is 5.41. The van der Waals surface area contributed by atoms with Crippen molar-refractivity contribution in [1.29, 1.82) is 0 Å². The quantitative estimate of drug-likeness (QED) is 0.173. The highest BCUT2D eigenvalue weighted by Crippen LogP contribution is 2.52. The highest BCUT2D eigenvalue weighted by atomic mass is 16.3. The molecule has 0 amide bonds. The number of nitrogens with one attached hydrogen (secondary N) is 2. The van der Waals surface area contributed by atoms with Crippen LogP contribution in [0.1, 0.15) is 71.7 Å². The van der Waals surface area contributed by atoms with Gasteiger partial charge in [0.1, 0.15) is 6.61 Å². The van der Waals surface area contributed by atoms with E-state index in [1.807, 2.05) is 51.1 Å². The molecule has 250 valence electrons. The maximum Gasteiger partial charge on any atom is 0.166 e. The Morgan fingerprint density at radius 3 is 2.02 bits per heavy atom. The number of carbonyl (C=O) groups is 1. The average Bonchev–Trinajstić information content (AvgIpc) is 3.73. The Kier molecular flexibility index (Phi) is 9.24. The van der Waals surface area contributed by atoms with Crippen molar-refractivity contribution in [3.05, 3.63) is 99.7 Å². The van der Waals surface area contributed by atoms with E-state index in [1.54, 1.807) is 6.08 Å². The van der Waals surface area contributed by atoms with Crippen LogP contribution in [0.5, 0.6) is 0 Å². The lowest BCUT2D eigenvalue weighted by Crippen LogP contribution is -2.41. The van der Waals surface area contributed by atoms with Gasteiger partial charge in [-0.15, -0.1) is 0 Å². The van der Waals surface area contributed by atoms with Crippen molar-refractivity contribution in [3.8, 4) is 0 Å². The summed E-state index contributed by atoms with van der Waals surface area (Å²) in [6.45, 7) is 11.3. The van der Waals surface area contributed by atoms with Crippen molar-refractivity contribution in [2.75, 3.05) is 26.4 Å². The van der Waals surface area contributed by atoms with Crippen LogP contribution in [0, 0.1) is 19.8 Å². The van der Waals surface area contributed by atoms with Gasteiger partial charge in [0.15, 0.2) is 5.78 Å². The molecule has 0 spiro atoms. The van der Waals surface area contributed by atoms with Gasteiger partial charge in [-0.25, -0.2) is 4.98 Å². The smallest absolute Gasteiger partial charge is 0.166 e. The Labute approximate surface area is 280 Å². The minimum absolute atomic E-state index is 0.0550. The van der Waals surface area contributed by atoms with Crippen molar-refractivity contribution >= 4 is 44.6 Å². The maximum atomic E-state index is 13.5. The predicted octanol–water partition coefficient (Wildman–Crippen LogP) is 5.35. The van der Waals surface area contributed by atoms with E-state index in [2.05, 4.69) is 29.5 Å². The summed E-state index contributed by atoms with van der Waals surface area (Å²) in [5.74, 6) is -1.21. The summed E-state index contributed by atoms with van der Waals surface area (Å²) < 4.78 is 0. The van der Waals surface area contributed by atoms with Gasteiger partial charge in [0, 0.05) is 40.9 Å². The van der Waals surface area contributed by atoms with Crippen LogP contribution in [0.2, 0.25) is 0 Å². The molecule has 3 aliphatic rings. The van der Waals surface area contributed by atoms with E-state index < -0.39 is 17.9 Å². The minimum atomic E-state index is -0.974. The van der Waals surface area contributed by atoms with Crippen LogP contribution >= 0.6 is 0 Å². The van der Waals surface area contributed by atoms with E-state index >= 15 is 0 Å². The number of aromatic nitrogens is 4. The fourth-order valence-corrected chi connectivity index (χ4v) is 7.69. The largest absolute Gasteiger partial charge is 0.396 e. The Morgan fingerprint density at radius 1 is 0.833 bits per heavy atom. The highest BCUT2D eigenvalue weighted by Gasteiger charge is 2.50. The van der Waals surface area contributed by atoms with Gasteiger partial charge >= 0.3 is 0 Å². The predicted molar refractivity (Wildman–Crippen MR) is 190 cm³/mol. The first kappa shape index (κ1) is 33.5. The molecule has 0 aromatic carbocycles. The van der Waals surface area contributed by atoms with E-state index in [9.17, 15) is 25.2 Å². The second-order valence-electron chi connectivity index (χ2n) is 13.1. The number of hydrogen-bond donors (Lipinski definition) is 6. The lowest BCUT2D eigenvalue weighted by atomic mass is 9.63. The normalized spacial score (nSPS) is 18.9. The summed E-state index contributed by atoms with van der Waals surface area (Å²) in [6, 6.07) is 8.06. The molecule has 0 saturated carbocycles. The van der Waals surface area contributed by atoms with E-state index in [0.29, 0.717) is 42.6 Å². The number of Topliss-reactive ketones (excluding diaryl/α,β-unsaturated/α-hetero) is 1. The molecule has 48 heavy (non-hydrogen) atoms. The van der Waals surface area contributed by atoms with Crippen LogP contribution in [0.3, 0.4) is 0 Å². The first-order valence-corrected chi connectivity index (χ1v) is 16.6. The number of allylic oxidation sites excluding steroid dienone is 6. The number of H-pyrrole nitrogens is 2. The zero-order chi connectivity index (χ0) is 34.3. The van der Waals surface area contributed by atoms with Gasteiger partial charge in [-0.2, -0.15) is 0 Å². The molecule has 2 atom stereocenters. The molecule has 6 N–H and O–H groups in total. The number of fused-ring (bicyclic) bond motifs is 11. The Morgan fingerprint density at radius 2 is 1.46 bits per heavy atom. The van der Waals surface area contributed by atoms with E-state index in [4.69, 9.17) is 9.97 Å². The number of aliphatic hydroxyl groups excluding tert-OH is 4. The number of aliphatic hydroxyl groups is 4. The highest BCUT2D eigenvalue weighted by molar-refractivity contribution is 5.98. The van der Waals surface area contributed by atoms with Gasteiger partial charge in [0.2, 0.25) is 0 Å². The average molecular weight is 649 g/mol. The molecule has 9 nitrogen and oxygen atoms in total. The van der Waals surface area contributed by atoms with Crippen molar-refractivity contribution < 1.29 is 25.2 Å². The number of aromatic amines is 2. The van der Waals surface area contributed by atoms with Crippen LogP contribution in [-0.4, -0.2) is 72.6 Å². The molecule has 0 saturated heterocycles. The molecule has 6 rings (SSSR count). The lowest BCUT2D eigenvalue weighted by Gasteiger charge is -2.37. The molecule has 2 aliphatic heterocycles. The summed E-state index contributed by atoms with van der Waals surface area (Å²) >= 11 is 0. The summed E-state index contributed by atoms with van der Waals surface area (Å²) in [4.78, 5) is 31.0. The monoisotopic (exact) mass is 648 g/mol. The topological polar surface area (TPSA) is 155 Å². The second-order valence-corrected chi connectivity index (χ2v) is 13.1. The molecule has 5 heterocycles. The van der Waals surface area contributed by atoms with E-state index in [-0.39, 0.29) is 25.6 Å². The SMILES string of the molecule is C=CC1=C(C)c2cc3nc(cc4[nH]c(cc5[nH]c(cc1n2)c(C)c5CCCO)c(CCCO)c4C)[C@]1(C)C3=CC=C(CO)C1C(=O)CO. The molecule has 0 radical (unpaired) electrons. The van der Waals surface area contributed by atoms with Gasteiger partial charge in [-0.3, -0.25) is 9.78 Å². The zero-order valence-corrected chi connectivity index (χ0v) is 28.1. The van der Waals surface area contributed by atoms with Crippen molar-refractivity contribution in [1.82, 2.24) is 19.9 Å². The maximum absolute atomic E-state index is 13.5. The third-order valence-electron chi connectivity index (χ3n) is 10.4. The zero-order valence-electron chi connectivity index (χ0n) is 28.1. The Hall–Kier alpha value is -4.41. The molecule has 3 aromatic heterocycles. The van der Waals surface area contributed by atoms with Crippen molar-refractivity contribution in [2.45, 2.75) is 58.8 Å². The second kappa shape index (κ2) is 13.2. The number of aryl methyl sites for hydroxylation is 4. The van der Waals surface area contributed by atoms with Gasteiger partial charge in [0.25, 0.3) is 0 Å². The number of hydrogen-bond acceptors (Lipinski definition) is 7. The minimum Gasteiger partial charge on any atom is -0.396 e. The summed E-state index contributed by atoms with van der Waals surface area (Å²) in [6.07, 6.45) is 8.04. The van der Waals surface area contributed by atoms with Crippen molar-refractivity contribution in [2.24, 2.45) is 5.92 Å². The Bertz CT molecular complexity index is 2080. The summed E-state index contributed by atoms with van der Waals surface area (Å²) in [7, 11) is 0. The van der Waals surface area contributed by atoms with Gasteiger partial charge in [-0.05, 0) is 117 Å². The van der Waals surface area contributed by atoms with Crippen LogP contribution < -0.4 is 0 Å². The summed E-state index contributed by atoms with van der Waals surface area (Å²) in [5.41, 5.74) is 12.8. The molecule has 1 aliphatic carbocycles. The lowest BCUT2D eigenvalue weighted by molar-refractivity contribution is -0.126. The van der Waals surface area contributed by atoms with E-state index in [0.717, 1.165) is 72.4 Å². The van der Waals surface area contributed by atoms with Crippen molar-refractivity contribution in [3.63, 3.8) is 0 Å². The number of nitrogens with zero attached hydrogens (tertiary/aromatic N) is 2. The molecule has 9 heteroatoms. The van der Waals surface area contributed by atoms with Gasteiger partial charge < -0.3 is 30.4 Å².